The molecule has 0 saturated carbocycles. The van der Waals surface area contributed by atoms with E-state index in [1.807, 2.05) is 13.0 Å². The van der Waals surface area contributed by atoms with E-state index in [0.29, 0.717) is 5.41 Å². The molecule has 0 saturated heterocycles. The Bertz CT molecular complexity index is 357. The Labute approximate surface area is 106 Å². The van der Waals surface area contributed by atoms with Crippen molar-refractivity contribution in [2.24, 2.45) is 5.41 Å². The van der Waals surface area contributed by atoms with Crippen molar-refractivity contribution in [1.82, 2.24) is 5.32 Å². The van der Waals surface area contributed by atoms with Gasteiger partial charge in [-0.2, -0.15) is 0 Å². The minimum absolute atomic E-state index is 0.109. The summed E-state index contributed by atoms with van der Waals surface area (Å²) in [5, 5.41) is 3.65. The monoisotopic (exact) mass is 237 g/mol. The Morgan fingerprint density at radius 1 is 1.18 bits per heavy atom. The van der Waals surface area contributed by atoms with Gasteiger partial charge in [0.25, 0.3) is 0 Å². The molecule has 17 heavy (non-hydrogen) atoms. The van der Waals surface area contributed by atoms with Crippen molar-refractivity contribution in [1.29, 1.82) is 0 Å². The number of hydrogen-bond acceptors (Lipinski definition) is 2. The maximum absolute atomic E-state index is 5.66. The van der Waals surface area contributed by atoms with Crippen LogP contribution in [0.1, 0.15) is 65.5 Å². The van der Waals surface area contributed by atoms with Gasteiger partial charge in [0.2, 0.25) is 0 Å². The Morgan fingerprint density at radius 3 is 2.18 bits per heavy atom. The molecule has 0 radical (unpaired) electrons. The Balaban J connectivity index is 2.64. The molecule has 1 rings (SSSR count). The third-order valence-corrected chi connectivity index (χ3v) is 2.77. The molecular formula is C15H27NO. The molecule has 1 aromatic heterocycles. The highest BCUT2D eigenvalue weighted by atomic mass is 16.3. The highest BCUT2D eigenvalue weighted by Crippen LogP contribution is 2.29. The molecule has 98 valence electrons. The maximum Gasteiger partial charge on any atom is 0.120 e. The topological polar surface area (TPSA) is 25.2 Å². The van der Waals surface area contributed by atoms with Gasteiger partial charge < -0.3 is 9.73 Å². The van der Waals surface area contributed by atoms with E-state index in [9.17, 15) is 0 Å². The van der Waals surface area contributed by atoms with Gasteiger partial charge in [-0.1, -0.05) is 20.8 Å². The number of rotatable bonds is 4. The first kappa shape index (κ1) is 14.3. The fourth-order valence-electron chi connectivity index (χ4n) is 2.72. The average molecular weight is 237 g/mol. The molecule has 1 unspecified atom stereocenters. The standard InChI is InChI=1S/C15H27NO/c1-11-8-9-13(17-11)12(2)16-15(6,7)10-14(3,4)5/h8-9,12,16H,10H2,1-7H3. The summed E-state index contributed by atoms with van der Waals surface area (Å²) in [6, 6.07) is 4.32. The van der Waals surface area contributed by atoms with Gasteiger partial charge in [-0.25, -0.2) is 0 Å². The quantitative estimate of drug-likeness (QED) is 0.836. The molecule has 0 aliphatic carbocycles. The molecule has 1 aromatic rings. The average Bonchev–Trinajstić information content (AvgIpc) is 2.45. The van der Waals surface area contributed by atoms with Crippen molar-refractivity contribution < 1.29 is 4.42 Å². The summed E-state index contributed by atoms with van der Waals surface area (Å²) in [4.78, 5) is 0. The van der Waals surface area contributed by atoms with Gasteiger partial charge >= 0.3 is 0 Å². The van der Waals surface area contributed by atoms with Crippen molar-refractivity contribution in [3.63, 3.8) is 0 Å². The van der Waals surface area contributed by atoms with E-state index in [1.165, 1.54) is 0 Å². The molecule has 0 amide bonds. The van der Waals surface area contributed by atoms with Gasteiger partial charge in [0.05, 0.1) is 6.04 Å². The summed E-state index contributed by atoms with van der Waals surface area (Å²) in [7, 11) is 0. The van der Waals surface area contributed by atoms with Crippen molar-refractivity contribution >= 4 is 0 Å². The lowest BCUT2D eigenvalue weighted by Crippen LogP contribution is -2.43. The molecule has 0 aromatic carbocycles. The van der Waals surface area contributed by atoms with Crippen LogP contribution in [0.4, 0.5) is 0 Å². The largest absolute Gasteiger partial charge is 0.465 e. The molecule has 0 fully saturated rings. The lowest BCUT2D eigenvalue weighted by atomic mass is 9.81. The molecule has 0 bridgehead atoms. The second-order valence-electron chi connectivity index (χ2n) is 6.94. The fraction of sp³-hybridized carbons (Fsp3) is 0.733. The number of hydrogen-bond donors (Lipinski definition) is 1. The summed E-state index contributed by atoms with van der Waals surface area (Å²) >= 11 is 0. The zero-order valence-electron chi connectivity index (χ0n) is 12.3. The third-order valence-electron chi connectivity index (χ3n) is 2.77. The lowest BCUT2D eigenvalue weighted by Gasteiger charge is -2.35. The van der Waals surface area contributed by atoms with Crippen molar-refractivity contribution in [3.05, 3.63) is 23.7 Å². The first-order chi connectivity index (χ1) is 7.59. The van der Waals surface area contributed by atoms with Gasteiger partial charge in [0, 0.05) is 5.54 Å². The zero-order chi connectivity index (χ0) is 13.3. The Morgan fingerprint density at radius 2 is 1.76 bits per heavy atom. The van der Waals surface area contributed by atoms with Crippen LogP contribution in [0.2, 0.25) is 0 Å². The van der Waals surface area contributed by atoms with Crippen LogP contribution in [0, 0.1) is 12.3 Å². The minimum Gasteiger partial charge on any atom is -0.465 e. The van der Waals surface area contributed by atoms with E-state index >= 15 is 0 Å². The van der Waals surface area contributed by atoms with Crippen LogP contribution >= 0.6 is 0 Å². The van der Waals surface area contributed by atoms with E-state index in [1.54, 1.807) is 0 Å². The predicted octanol–water partition coefficient (Wildman–Crippen LogP) is 4.45. The third kappa shape index (κ3) is 4.95. The molecule has 2 heteroatoms. The summed E-state index contributed by atoms with van der Waals surface area (Å²) in [5.74, 6) is 1.99. The van der Waals surface area contributed by atoms with E-state index in [2.05, 4.69) is 52.9 Å². The highest BCUT2D eigenvalue weighted by Gasteiger charge is 2.27. The molecule has 1 N–H and O–H groups in total. The van der Waals surface area contributed by atoms with Crippen molar-refractivity contribution in [3.8, 4) is 0 Å². The van der Waals surface area contributed by atoms with Crippen LogP contribution in [-0.4, -0.2) is 5.54 Å². The zero-order valence-corrected chi connectivity index (χ0v) is 12.3. The fourth-order valence-corrected chi connectivity index (χ4v) is 2.72. The second-order valence-corrected chi connectivity index (χ2v) is 6.94. The normalized spacial score (nSPS) is 15.0. The van der Waals surface area contributed by atoms with Gasteiger partial charge in [0.1, 0.15) is 11.5 Å². The Hall–Kier alpha value is -0.760. The van der Waals surface area contributed by atoms with Crippen LogP contribution < -0.4 is 5.32 Å². The molecule has 0 aliphatic rings. The highest BCUT2D eigenvalue weighted by molar-refractivity contribution is 5.09. The Kier molecular flexibility index (Phi) is 4.08. The molecule has 1 heterocycles. The van der Waals surface area contributed by atoms with E-state index in [4.69, 9.17) is 4.42 Å². The predicted molar refractivity (Wildman–Crippen MR) is 73.1 cm³/mol. The van der Waals surface area contributed by atoms with Gasteiger partial charge in [-0.15, -0.1) is 0 Å². The maximum atomic E-state index is 5.66. The molecular weight excluding hydrogens is 210 g/mol. The first-order valence-corrected chi connectivity index (χ1v) is 6.43. The summed E-state index contributed by atoms with van der Waals surface area (Å²) in [6.07, 6.45) is 1.13. The number of nitrogens with one attached hydrogen (secondary N) is 1. The van der Waals surface area contributed by atoms with Crippen LogP contribution in [0.3, 0.4) is 0 Å². The molecule has 1 atom stereocenters. The lowest BCUT2D eigenvalue weighted by molar-refractivity contribution is 0.218. The van der Waals surface area contributed by atoms with Crippen LogP contribution in [0.5, 0.6) is 0 Å². The van der Waals surface area contributed by atoms with E-state index in [-0.39, 0.29) is 11.6 Å². The summed E-state index contributed by atoms with van der Waals surface area (Å²) < 4.78 is 5.66. The molecule has 2 nitrogen and oxygen atoms in total. The van der Waals surface area contributed by atoms with Crippen LogP contribution in [0.25, 0.3) is 0 Å². The smallest absolute Gasteiger partial charge is 0.120 e. The molecule has 0 spiro atoms. The number of furan rings is 1. The SMILES string of the molecule is Cc1ccc(C(C)NC(C)(C)CC(C)(C)C)o1. The first-order valence-electron chi connectivity index (χ1n) is 6.43. The van der Waals surface area contributed by atoms with Crippen LogP contribution in [-0.2, 0) is 0 Å². The second kappa shape index (κ2) is 4.85. The van der Waals surface area contributed by atoms with E-state index in [0.717, 1.165) is 17.9 Å². The van der Waals surface area contributed by atoms with E-state index < -0.39 is 0 Å². The van der Waals surface area contributed by atoms with Gasteiger partial charge in [0.15, 0.2) is 0 Å². The van der Waals surface area contributed by atoms with Gasteiger partial charge in [-0.3, -0.25) is 0 Å². The summed E-state index contributed by atoms with van der Waals surface area (Å²) in [5.41, 5.74) is 0.438. The molecule has 0 aliphatic heterocycles. The van der Waals surface area contributed by atoms with Crippen molar-refractivity contribution in [2.75, 3.05) is 0 Å². The number of aryl methyl sites for hydroxylation is 1. The summed E-state index contributed by atoms with van der Waals surface area (Å²) in [6.45, 7) is 15.5. The van der Waals surface area contributed by atoms with Gasteiger partial charge in [-0.05, 0) is 51.7 Å². The van der Waals surface area contributed by atoms with Crippen molar-refractivity contribution in [2.45, 2.75) is 66.5 Å². The van der Waals surface area contributed by atoms with Crippen LogP contribution in [0.15, 0.2) is 16.5 Å². The minimum atomic E-state index is 0.109.